The van der Waals surface area contributed by atoms with Crippen molar-refractivity contribution in [2.24, 2.45) is 0 Å². The minimum atomic E-state index is -0.405. The molecule has 1 nitrogen and oxygen atoms in total. The van der Waals surface area contributed by atoms with Crippen LogP contribution in [0.1, 0.15) is 34.3 Å². The molecule has 2 aromatic carbocycles. The van der Waals surface area contributed by atoms with Crippen LogP contribution in [0.3, 0.4) is 0 Å². The summed E-state index contributed by atoms with van der Waals surface area (Å²) in [4.78, 5) is 11.0. The van der Waals surface area contributed by atoms with Gasteiger partial charge in [-0.05, 0) is 47.2 Å². The lowest BCUT2D eigenvalue weighted by atomic mass is 9.93. The number of hydrogen-bond acceptors (Lipinski definition) is 1. The summed E-state index contributed by atoms with van der Waals surface area (Å²) in [5.74, 6) is 0.462. The van der Waals surface area contributed by atoms with Gasteiger partial charge in [-0.15, -0.1) is 0 Å². The summed E-state index contributed by atoms with van der Waals surface area (Å²) in [7, 11) is 0. The molecule has 0 bridgehead atoms. The summed E-state index contributed by atoms with van der Waals surface area (Å²) < 4.78 is 0. The van der Waals surface area contributed by atoms with Crippen LogP contribution in [0.25, 0.3) is 0 Å². The molecular formula is C16H15ClO. The Bertz CT molecular complexity index is 517. The van der Waals surface area contributed by atoms with E-state index in [9.17, 15) is 4.79 Å². The number of carbonyl (C=O) groups excluding carboxylic acids is 1. The highest BCUT2D eigenvalue weighted by Gasteiger charge is 2.07. The molecule has 0 unspecified atom stereocenters. The smallest absolute Gasteiger partial charge is 0.252 e. The van der Waals surface area contributed by atoms with Crippen molar-refractivity contribution in [1.29, 1.82) is 0 Å². The van der Waals surface area contributed by atoms with Crippen LogP contribution in [-0.2, 0) is 6.42 Å². The van der Waals surface area contributed by atoms with Gasteiger partial charge >= 0.3 is 0 Å². The molecule has 0 N–H and O–H groups in total. The van der Waals surface area contributed by atoms with Gasteiger partial charge < -0.3 is 0 Å². The Morgan fingerprint density at radius 3 is 2.22 bits per heavy atom. The summed E-state index contributed by atoms with van der Waals surface area (Å²) in [6, 6.07) is 17.9. The van der Waals surface area contributed by atoms with E-state index < -0.39 is 5.24 Å². The van der Waals surface area contributed by atoms with Gasteiger partial charge in [0.2, 0.25) is 0 Å². The third-order valence-corrected chi connectivity index (χ3v) is 3.31. The van der Waals surface area contributed by atoms with Gasteiger partial charge in [0.1, 0.15) is 0 Å². The first-order valence-electron chi connectivity index (χ1n) is 6.00. The SMILES string of the molecule is C[C@H](Cc1ccc(C(=O)Cl)cc1)c1ccccc1. The second-order valence-corrected chi connectivity index (χ2v) is 4.83. The Morgan fingerprint density at radius 2 is 1.67 bits per heavy atom. The first kappa shape index (κ1) is 12.8. The van der Waals surface area contributed by atoms with Crippen LogP contribution in [-0.4, -0.2) is 5.24 Å². The molecule has 0 radical (unpaired) electrons. The van der Waals surface area contributed by atoms with E-state index in [1.807, 2.05) is 18.2 Å². The molecule has 2 rings (SSSR count). The zero-order chi connectivity index (χ0) is 13.0. The van der Waals surface area contributed by atoms with Crippen molar-refractivity contribution in [3.63, 3.8) is 0 Å². The summed E-state index contributed by atoms with van der Waals surface area (Å²) >= 11 is 5.42. The molecule has 0 fully saturated rings. The Kier molecular flexibility index (Phi) is 4.16. The zero-order valence-corrected chi connectivity index (χ0v) is 11.0. The Labute approximate surface area is 112 Å². The molecular weight excluding hydrogens is 244 g/mol. The van der Waals surface area contributed by atoms with Crippen LogP contribution in [0.2, 0.25) is 0 Å². The van der Waals surface area contributed by atoms with Gasteiger partial charge in [0.05, 0.1) is 0 Å². The van der Waals surface area contributed by atoms with E-state index >= 15 is 0 Å². The van der Waals surface area contributed by atoms with E-state index in [0.29, 0.717) is 11.5 Å². The Morgan fingerprint density at radius 1 is 1.06 bits per heavy atom. The first-order valence-corrected chi connectivity index (χ1v) is 6.38. The van der Waals surface area contributed by atoms with Crippen LogP contribution in [0.5, 0.6) is 0 Å². The maximum atomic E-state index is 11.0. The van der Waals surface area contributed by atoms with Gasteiger partial charge in [0, 0.05) is 5.56 Å². The van der Waals surface area contributed by atoms with E-state index in [2.05, 4.69) is 31.2 Å². The van der Waals surface area contributed by atoms with Gasteiger partial charge in [-0.2, -0.15) is 0 Å². The van der Waals surface area contributed by atoms with Crippen molar-refractivity contribution in [2.45, 2.75) is 19.3 Å². The molecule has 0 amide bonds. The Balaban J connectivity index is 2.08. The van der Waals surface area contributed by atoms with E-state index in [0.717, 1.165) is 6.42 Å². The average Bonchev–Trinajstić information content (AvgIpc) is 2.40. The van der Waals surface area contributed by atoms with E-state index in [4.69, 9.17) is 11.6 Å². The van der Waals surface area contributed by atoms with Crippen LogP contribution in [0.15, 0.2) is 54.6 Å². The normalized spacial score (nSPS) is 12.1. The summed E-state index contributed by atoms with van der Waals surface area (Å²) in [5, 5.41) is -0.405. The van der Waals surface area contributed by atoms with Gasteiger partial charge in [0.25, 0.3) is 5.24 Å². The van der Waals surface area contributed by atoms with Crippen LogP contribution in [0.4, 0.5) is 0 Å². The topological polar surface area (TPSA) is 17.1 Å². The second-order valence-electron chi connectivity index (χ2n) is 4.49. The molecule has 0 aliphatic carbocycles. The number of hydrogen-bond donors (Lipinski definition) is 0. The maximum absolute atomic E-state index is 11.0. The van der Waals surface area contributed by atoms with Crippen molar-refractivity contribution in [3.05, 3.63) is 71.3 Å². The quantitative estimate of drug-likeness (QED) is 0.743. The molecule has 0 aliphatic rings. The summed E-state index contributed by atoms with van der Waals surface area (Å²) in [6.45, 7) is 2.20. The largest absolute Gasteiger partial charge is 0.276 e. The van der Waals surface area contributed by atoms with E-state index in [1.165, 1.54) is 11.1 Å². The van der Waals surface area contributed by atoms with Gasteiger partial charge in [-0.25, -0.2) is 0 Å². The number of carbonyl (C=O) groups is 1. The number of rotatable bonds is 4. The van der Waals surface area contributed by atoms with Gasteiger partial charge in [-0.3, -0.25) is 4.79 Å². The molecule has 0 aliphatic heterocycles. The van der Waals surface area contributed by atoms with Crippen LogP contribution >= 0.6 is 11.6 Å². The van der Waals surface area contributed by atoms with Crippen molar-refractivity contribution in [3.8, 4) is 0 Å². The molecule has 92 valence electrons. The molecule has 0 saturated carbocycles. The fourth-order valence-corrected chi connectivity index (χ4v) is 2.15. The van der Waals surface area contributed by atoms with Gasteiger partial charge in [-0.1, -0.05) is 49.4 Å². The Hall–Kier alpha value is -1.60. The average molecular weight is 259 g/mol. The zero-order valence-electron chi connectivity index (χ0n) is 10.3. The minimum Gasteiger partial charge on any atom is -0.276 e. The maximum Gasteiger partial charge on any atom is 0.252 e. The molecule has 2 heteroatoms. The summed E-state index contributed by atoms with van der Waals surface area (Å²) in [6.07, 6.45) is 0.959. The molecule has 0 heterocycles. The first-order chi connectivity index (χ1) is 8.66. The van der Waals surface area contributed by atoms with Crippen LogP contribution < -0.4 is 0 Å². The monoisotopic (exact) mass is 258 g/mol. The lowest BCUT2D eigenvalue weighted by Crippen LogP contribution is -1.98. The molecule has 0 aromatic heterocycles. The lowest BCUT2D eigenvalue weighted by molar-refractivity contribution is 0.108. The number of halogens is 1. The highest BCUT2D eigenvalue weighted by atomic mass is 35.5. The van der Waals surface area contributed by atoms with Crippen molar-refractivity contribution in [1.82, 2.24) is 0 Å². The molecule has 0 saturated heterocycles. The minimum absolute atomic E-state index is 0.405. The highest BCUT2D eigenvalue weighted by molar-refractivity contribution is 6.67. The third-order valence-electron chi connectivity index (χ3n) is 3.09. The number of benzene rings is 2. The molecule has 1 atom stereocenters. The predicted molar refractivity (Wildman–Crippen MR) is 75.2 cm³/mol. The van der Waals surface area contributed by atoms with E-state index in [1.54, 1.807) is 12.1 Å². The highest BCUT2D eigenvalue weighted by Crippen LogP contribution is 2.20. The third kappa shape index (κ3) is 3.21. The van der Waals surface area contributed by atoms with E-state index in [-0.39, 0.29) is 0 Å². The lowest BCUT2D eigenvalue weighted by Gasteiger charge is -2.11. The van der Waals surface area contributed by atoms with Gasteiger partial charge in [0.15, 0.2) is 0 Å². The summed E-state index contributed by atoms with van der Waals surface area (Å²) in [5.41, 5.74) is 3.09. The van der Waals surface area contributed by atoms with Crippen LogP contribution in [0, 0.1) is 0 Å². The molecule has 0 spiro atoms. The second kappa shape index (κ2) is 5.83. The fourth-order valence-electron chi connectivity index (χ4n) is 2.02. The predicted octanol–water partition coefficient (Wildman–Crippen LogP) is 4.41. The van der Waals surface area contributed by atoms with Crippen molar-refractivity contribution in [2.75, 3.05) is 0 Å². The van der Waals surface area contributed by atoms with Crippen molar-refractivity contribution < 1.29 is 4.79 Å². The fraction of sp³-hybridized carbons (Fsp3) is 0.188. The standard InChI is InChI=1S/C16H15ClO/c1-12(14-5-3-2-4-6-14)11-13-7-9-15(10-8-13)16(17)18/h2-10,12H,11H2,1H3/t12-/m1/s1. The molecule has 18 heavy (non-hydrogen) atoms. The molecule has 2 aromatic rings. The van der Waals surface area contributed by atoms with Crippen molar-refractivity contribution >= 4 is 16.8 Å².